The molecule has 3 aromatic rings. The molecule has 0 radical (unpaired) electrons. The molecule has 0 atom stereocenters. The van der Waals surface area contributed by atoms with Gasteiger partial charge in [0.2, 0.25) is 0 Å². The first-order chi connectivity index (χ1) is 19.2. The monoisotopic (exact) mass is 710 g/mol. The van der Waals surface area contributed by atoms with Crippen molar-refractivity contribution in [2.75, 3.05) is 0 Å². The van der Waals surface area contributed by atoms with Crippen molar-refractivity contribution in [3.05, 3.63) is 89.5 Å². The van der Waals surface area contributed by atoms with Gasteiger partial charge in [0.25, 0.3) is 0 Å². The zero-order valence-corrected chi connectivity index (χ0v) is 24.1. The number of carboxylic acid groups (broad SMARTS) is 3. The van der Waals surface area contributed by atoms with Gasteiger partial charge >= 0.3 is 49.1 Å². The zero-order valence-electron chi connectivity index (χ0n) is 20.6. The SMILES string of the molecule is O=C(O)c1ccccc1OS(=O)(=O)O.O=C(O)c1ccccc1OS(=O)(=O)O.O=C(O)c1ccccc1OS(=O)(=O)O.[Fe]. The zero-order chi connectivity index (χ0) is 32.3. The second kappa shape index (κ2) is 16.4. The number of rotatable bonds is 9. The molecule has 3 aromatic carbocycles. The van der Waals surface area contributed by atoms with E-state index in [1.54, 1.807) is 0 Å². The van der Waals surface area contributed by atoms with Crippen LogP contribution in [0, 0.1) is 0 Å². The van der Waals surface area contributed by atoms with Crippen LogP contribution in [0.4, 0.5) is 0 Å². The maximum Gasteiger partial charge on any atom is 0.446 e. The fraction of sp³-hybridized carbons (Fsp3) is 0. The maximum atomic E-state index is 10.6. The molecule has 22 heteroatoms. The second-order valence-electron chi connectivity index (χ2n) is 6.94. The van der Waals surface area contributed by atoms with Crippen molar-refractivity contribution in [1.29, 1.82) is 0 Å². The minimum absolute atomic E-state index is 0. The second-order valence-corrected chi connectivity index (χ2v) is 10.0. The Morgan fingerprint density at radius 1 is 0.442 bits per heavy atom. The van der Waals surface area contributed by atoms with Crippen LogP contribution in [0.5, 0.6) is 17.2 Å². The molecule has 0 aromatic heterocycles. The van der Waals surface area contributed by atoms with Crippen LogP contribution in [-0.2, 0) is 48.3 Å². The van der Waals surface area contributed by atoms with E-state index in [9.17, 15) is 39.6 Å². The van der Waals surface area contributed by atoms with E-state index < -0.39 is 66.4 Å². The van der Waals surface area contributed by atoms with Gasteiger partial charge in [0.1, 0.15) is 16.7 Å². The van der Waals surface area contributed by atoms with E-state index >= 15 is 0 Å². The van der Waals surface area contributed by atoms with Gasteiger partial charge in [-0.1, -0.05) is 36.4 Å². The largest absolute Gasteiger partial charge is 0.478 e. The Balaban J connectivity index is 0.000000608. The van der Waals surface area contributed by atoms with Crippen molar-refractivity contribution in [2.24, 2.45) is 0 Å². The van der Waals surface area contributed by atoms with E-state index in [1.165, 1.54) is 36.4 Å². The van der Waals surface area contributed by atoms with E-state index in [4.69, 9.17) is 29.0 Å². The molecule has 0 spiro atoms. The van der Waals surface area contributed by atoms with Gasteiger partial charge < -0.3 is 27.9 Å². The third-order valence-electron chi connectivity index (χ3n) is 3.94. The van der Waals surface area contributed by atoms with Crippen LogP contribution in [-0.4, -0.2) is 72.1 Å². The average Bonchev–Trinajstić information content (AvgIpc) is 2.82. The molecule has 43 heavy (non-hydrogen) atoms. The van der Waals surface area contributed by atoms with Gasteiger partial charge in [-0.3, -0.25) is 13.7 Å². The van der Waals surface area contributed by atoms with Crippen LogP contribution in [0.15, 0.2) is 72.8 Å². The summed E-state index contributed by atoms with van der Waals surface area (Å²) < 4.78 is 99.0. The molecule has 0 aliphatic carbocycles. The summed E-state index contributed by atoms with van der Waals surface area (Å²) in [6.07, 6.45) is 0. The van der Waals surface area contributed by atoms with Crippen molar-refractivity contribution in [3.8, 4) is 17.2 Å². The predicted molar refractivity (Wildman–Crippen MR) is 137 cm³/mol. The summed E-state index contributed by atoms with van der Waals surface area (Å²) >= 11 is 0. The topological polar surface area (TPSA) is 303 Å². The molecular formula is C21H18FeO18S3. The third kappa shape index (κ3) is 15.5. The molecule has 3 rings (SSSR count). The Bertz CT molecular complexity index is 1560. The Morgan fingerprint density at radius 2 is 0.628 bits per heavy atom. The van der Waals surface area contributed by atoms with Gasteiger partial charge in [-0.25, -0.2) is 14.4 Å². The number of para-hydroxylation sites is 3. The Hall–Kier alpha value is -4.28. The first-order valence-electron chi connectivity index (χ1n) is 10.2. The summed E-state index contributed by atoms with van der Waals surface area (Å²) in [4.78, 5) is 31.7. The van der Waals surface area contributed by atoms with E-state index in [-0.39, 0.29) is 33.8 Å². The van der Waals surface area contributed by atoms with Crippen LogP contribution >= 0.6 is 0 Å². The summed E-state index contributed by atoms with van der Waals surface area (Å²) in [5.74, 6) is -5.31. The Kier molecular flexibility index (Phi) is 14.8. The fourth-order valence-electron chi connectivity index (χ4n) is 2.49. The van der Waals surface area contributed by atoms with Gasteiger partial charge in [-0.05, 0) is 36.4 Å². The summed E-state index contributed by atoms with van der Waals surface area (Å²) in [6, 6.07) is 15.2. The molecule has 0 fully saturated rings. The Morgan fingerprint density at radius 3 is 0.791 bits per heavy atom. The smallest absolute Gasteiger partial charge is 0.446 e. The molecule has 0 amide bonds. The Labute approximate surface area is 253 Å². The third-order valence-corrected chi connectivity index (χ3v) is 5.11. The minimum atomic E-state index is -4.70. The first-order valence-corrected chi connectivity index (χ1v) is 14.3. The molecular weight excluding hydrogens is 692 g/mol. The number of hydrogen-bond donors (Lipinski definition) is 6. The molecule has 0 bridgehead atoms. The van der Waals surface area contributed by atoms with E-state index in [0.717, 1.165) is 36.4 Å². The summed E-state index contributed by atoms with van der Waals surface area (Å²) in [5.41, 5.74) is -1.03. The van der Waals surface area contributed by atoms with Crippen molar-refractivity contribution in [3.63, 3.8) is 0 Å². The van der Waals surface area contributed by atoms with Gasteiger partial charge in [-0.2, -0.15) is 25.3 Å². The van der Waals surface area contributed by atoms with Gasteiger partial charge in [0, 0.05) is 17.1 Å². The number of hydrogen-bond acceptors (Lipinski definition) is 12. The first kappa shape index (κ1) is 38.7. The van der Waals surface area contributed by atoms with E-state index in [0.29, 0.717) is 0 Å². The fourth-order valence-corrected chi connectivity index (χ4v) is 3.61. The number of carboxylic acids is 3. The summed E-state index contributed by atoms with van der Waals surface area (Å²) in [6.45, 7) is 0. The normalized spacial score (nSPS) is 10.7. The van der Waals surface area contributed by atoms with Crippen LogP contribution in [0.2, 0.25) is 0 Å². The quantitative estimate of drug-likeness (QED) is 0.136. The summed E-state index contributed by atoms with van der Waals surface area (Å²) in [5, 5.41) is 25.8. The molecule has 0 saturated carbocycles. The molecule has 0 saturated heterocycles. The van der Waals surface area contributed by atoms with Crippen LogP contribution in [0.25, 0.3) is 0 Å². The minimum Gasteiger partial charge on any atom is -0.478 e. The summed E-state index contributed by atoms with van der Waals surface area (Å²) in [7, 11) is -14.1. The van der Waals surface area contributed by atoms with Gasteiger partial charge in [-0.15, -0.1) is 0 Å². The van der Waals surface area contributed by atoms with Crippen molar-refractivity contribution >= 4 is 49.1 Å². The molecule has 18 nitrogen and oxygen atoms in total. The van der Waals surface area contributed by atoms with Crippen LogP contribution in [0.3, 0.4) is 0 Å². The predicted octanol–water partition coefficient (Wildman–Crippen LogP) is 1.70. The molecule has 6 N–H and O–H groups in total. The average molecular weight is 710 g/mol. The van der Waals surface area contributed by atoms with Crippen molar-refractivity contribution < 1.29 is 98.2 Å². The van der Waals surface area contributed by atoms with Gasteiger partial charge in [0.15, 0.2) is 17.2 Å². The molecule has 0 unspecified atom stereocenters. The van der Waals surface area contributed by atoms with Crippen molar-refractivity contribution in [2.45, 2.75) is 0 Å². The number of aromatic carboxylic acids is 3. The van der Waals surface area contributed by atoms with Crippen molar-refractivity contribution in [1.82, 2.24) is 0 Å². The van der Waals surface area contributed by atoms with E-state index in [1.807, 2.05) is 0 Å². The standard InChI is InChI=1S/3C7H6O6S.Fe/c3*8-7(9)5-3-1-2-4-6(5)13-14(10,11)12;/h3*1-4H,(H,8,9)(H,10,11,12);. The molecule has 0 heterocycles. The molecule has 0 aliphatic heterocycles. The van der Waals surface area contributed by atoms with Crippen LogP contribution < -0.4 is 12.5 Å². The molecule has 0 aliphatic rings. The number of carbonyl (C=O) groups is 3. The number of benzene rings is 3. The van der Waals surface area contributed by atoms with Gasteiger partial charge in [0.05, 0.1) is 0 Å². The van der Waals surface area contributed by atoms with Crippen LogP contribution in [0.1, 0.15) is 31.1 Å². The maximum absolute atomic E-state index is 10.6. The van der Waals surface area contributed by atoms with E-state index in [2.05, 4.69) is 12.5 Å². The molecule has 236 valence electrons.